The van der Waals surface area contributed by atoms with Crippen LogP contribution in [-0.2, 0) is 0 Å². The van der Waals surface area contributed by atoms with E-state index in [0.29, 0.717) is 6.04 Å². The van der Waals surface area contributed by atoms with Crippen LogP contribution in [0.3, 0.4) is 0 Å². The van der Waals surface area contributed by atoms with Crippen LogP contribution in [0, 0.1) is 0 Å². The minimum atomic E-state index is 0.599. The van der Waals surface area contributed by atoms with Crippen molar-refractivity contribution in [3.63, 3.8) is 0 Å². The fourth-order valence-electron chi connectivity index (χ4n) is 2.46. The molecule has 15 heavy (non-hydrogen) atoms. The molecule has 0 amide bonds. The van der Waals surface area contributed by atoms with E-state index in [4.69, 9.17) is 4.74 Å². The summed E-state index contributed by atoms with van der Waals surface area (Å²) in [6.45, 7) is 4.08. The summed E-state index contributed by atoms with van der Waals surface area (Å²) in [7, 11) is 0. The number of anilines is 1. The van der Waals surface area contributed by atoms with Crippen molar-refractivity contribution in [3.8, 4) is 5.75 Å². The summed E-state index contributed by atoms with van der Waals surface area (Å²) in [5, 5.41) is 3.45. The molecule has 3 rings (SSSR count). The average Bonchev–Trinajstić information content (AvgIpc) is 2.48. The Labute approximate surface area is 90.0 Å². The number of hydrogen-bond donors (Lipinski definition) is 1. The van der Waals surface area contributed by atoms with E-state index in [0.717, 1.165) is 38.4 Å². The Balaban J connectivity index is 1.99. The highest BCUT2D eigenvalue weighted by molar-refractivity contribution is 5.60. The molecule has 2 aliphatic rings. The van der Waals surface area contributed by atoms with Gasteiger partial charge in [0.05, 0.1) is 12.3 Å². The van der Waals surface area contributed by atoms with E-state index in [1.165, 1.54) is 5.69 Å². The molecular formula is C12H16N2O. The topological polar surface area (TPSA) is 24.5 Å². The number of benzene rings is 1. The van der Waals surface area contributed by atoms with Crippen LogP contribution in [0.1, 0.15) is 6.42 Å². The van der Waals surface area contributed by atoms with Gasteiger partial charge < -0.3 is 15.0 Å². The maximum absolute atomic E-state index is 5.77. The van der Waals surface area contributed by atoms with Crippen LogP contribution in [0.15, 0.2) is 24.3 Å². The van der Waals surface area contributed by atoms with E-state index in [1.54, 1.807) is 0 Å². The zero-order valence-electron chi connectivity index (χ0n) is 8.78. The molecule has 0 aliphatic carbocycles. The Morgan fingerprint density at radius 2 is 2.27 bits per heavy atom. The van der Waals surface area contributed by atoms with Gasteiger partial charge in [-0.2, -0.15) is 0 Å². The lowest BCUT2D eigenvalue weighted by Gasteiger charge is -2.36. The molecule has 3 heteroatoms. The predicted octanol–water partition coefficient (Wildman–Crippen LogP) is 1.25. The van der Waals surface area contributed by atoms with Crippen molar-refractivity contribution in [1.82, 2.24) is 5.32 Å². The number of rotatable bonds is 0. The molecule has 0 spiro atoms. The molecule has 2 heterocycles. The van der Waals surface area contributed by atoms with Crippen LogP contribution in [0.25, 0.3) is 0 Å². The van der Waals surface area contributed by atoms with Crippen molar-refractivity contribution in [3.05, 3.63) is 24.3 Å². The number of hydrogen-bond acceptors (Lipinski definition) is 3. The molecule has 1 aromatic rings. The molecule has 1 atom stereocenters. The van der Waals surface area contributed by atoms with Crippen LogP contribution >= 0.6 is 0 Å². The summed E-state index contributed by atoms with van der Waals surface area (Å²) in [6, 6.07) is 8.97. The highest BCUT2D eigenvalue weighted by Crippen LogP contribution is 2.33. The molecule has 1 unspecified atom stereocenters. The standard InChI is InChI=1S/C12H16N2O/c1-2-4-12-11(3-1)14-7-6-13-9-10(14)5-8-15-12/h1-4,10,13H,5-9H2. The fraction of sp³-hybridized carbons (Fsp3) is 0.500. The van der Waals surface area contributed by atoms with Gasteiger partial charge in [-0.05, 0) is 12.1 Å². The number of ether oxygens (including phenoxy) is 1. The highest BCUT2D eigenvalue weighted by atomic mass is 16.5. The van der Waals surface area contributed by atoms with E-state index in [9.17, 15) is 0 Å². The van der Waals surface area contributed by atoms with Gasteiger partial charge in [-0.1, -0.05) is 12.1 Å². The van der Waals surface area contributed by atoms with E-state index in [1.807, 2.05) is 6.07 Å². The maximum Gasteiger partial charge on any atom is 0.142 e. The van der Waals surface area contributed by atoms with Gasteiger partial charge in [0, 0.05) is 32.1 Å². The van der Waals surface area contributed by atoms with Crippen molar-refractivity contribution >= 4 is 5.69 Å². The van der Waals surface area contributed by atoms with Crippen LogP contribution in [-0.4, -0.2) is 32.3 Å². The minimum Gasteiger partial charge on any atom is -0.491 e. The average molecular weight is 204 g/mol. The number of nitrogens with zero attached hydrogens (tertiary/aromatic N) is 1. The molecule has 0 bridgehead atoms. The first-order valence-corrected chi connectivity index (χ1v) is 5.64. The Bertz CT molecular complexity index is 353. The monoisotopic (exact) mass is 204 g/mol. The first kappa shape index (κ1) is 9.04. The van der Waals surface area contributed by atoms with E-state index in [-0.39, 0.29) is 0 Å². The number of piperazine rings is 1. The molecule has 3 nitrogen and oxygen atoms in total. The highest BCUT2D eigenvalue weighted by Gasteiger charge is 2.26. The second-order valence-corrected chi connectivity index (χ2v) is 4.16. The third-order valence-electron chi connectivity index (χ3n) is 3.23. The SMILES string of the molecule is c1ccc2c(c1)OCCC1CNCCN21. The predicted molar refractivity (Wildman–Crippen MR) is 60.6 cm³/mol. The third-order valence-corrected chi connectivity index (χ3v) is 3.23. The lowest BCUT2D eigenvalue weighted by molar-refractivity contribution is 0.304. The summed E-state index contributed by atoms with van der Waals surface area (Å²) >= 11 is 0. The molecule has 1 fully saturated rings. The van der Waals surface area contributed by atoms with Crippen LogP contribution in [0.2, 0.25) is 0 Å². The lowest BCUT2D eigenvalue weighted by atomic mass is 10.1. The van der Waals surface area contributed by atoms with Gasteiger partial charge in [-0.25, -0.2) is 0 Å². The largest absolute Gasteiger partial charge is 0.491 e. The Morgan fingerprint density at radius 1 is 1.33 bits per heavy atom. The first-order chi connectivity index (χ1) is 7.45. The molecule has 80 valence electrons. The molecule has 0 saturated carbocycles. The molecule has 0 radical (unpaired) electrons. The van der Waals surface area contributed by atoms with Gasteiger partial charge in [0.1, 0.15) is 5.75 Å². The summed E-state index contributed by atoms with van der Waals surface area (Å²) in [6.07, 6.45) is 1.11. The molecule has 2 aliphatic heterocycles. The normalized spacial score (nSPS) is 24.8. The molecular weight excluding hydrogens is 188 g/mol. The van der Waals surface area contributed by atoms with Gasteiger partial charge in [0.2, 0.25) is 0 Å². The Hall–Kier alpha value is -1.22. The van der Waals surface area contributed by atoms with Gasteiger partial charge in [-0.15, -0.1) is 0 Å². The van der Waals surface area contributed by atoms with Crippen molar-refractivity contribution < 1.29 is 4.74 Å². The molecule has 1 saturated heterocycles. The summed E-state index contributed by atoms with van der Waals surface area (Å²) < 4.78 is 5.77. The Kier molecular flexibility index (Phi) is 2.25. The van der Waals surface area contributed by atoms with Crippen molar-refractivity contribution in [2.45, 2.75) is 12.5 Å². The van der Waals surface area contributed by atoms with E-state index in [2.05, 4.69) is 28.4 Å². The van der Waals surface area contributed by atoms with Crippen molar-refractivity contribution in [2.24, 2.45) is 0 Å². The van der Waals surface area contributed by atoms with Gasteiger partial charge in [0.25, 0.3) is 0 Å². The zero-order valence-corrected chi connectivity index (χ0v) is 8.78. The first-order valence-electron chi connectivity index (χ1n) is 5.64. The fourth-order valence-corrected chi connectivity index (χ4v) is 2.46. The zero-order chi connectivity index (χ0) is 10.1. The molecule has 0 aromatic heterocycles. The minimum absolute atomic E-state index is 0.599. The summed E-state index contributed by atoms with van der Waals surface area (Å²) in [5.41, 5.74) is 1.27. The van der Waals surface area contributed by atoms with E-state index < -0.39 is 0 Å². The second kappa shape index (κ2) is 3.74. The maximum atomic E-state index is 5.77. The number of para-hydroxylation sites is 2. The Morgan fingerprint density at radius 3 is 3.27 bits per heavy atom. The van der Waals surface area contributed by atoms with Crippen LogP contribution in [0.5, 0.6) is 5.75 Å². The number of fused-ring (bicyclic) bond motifs is 3. The smallest absolute Gasteiger partial charge is 0.142 e. The van der Waals surface area contributed by atoms with Crippen LogP contribution < -0.4 is 15.0 Å². The quantitative estimate of drug-likeness (QED) is 0.688. The van der Waals surface area contributed by atoms with E-state index >= 15 is 0 Å². The summed E-state index contributed by atoms with van der Waals surface area (Å²) in [4.78, 5) is 2.48. The molecule has 1 aromatic carbocycles. The number of nitrogens with one attached hydrogen (secondary N) is 1. The second-order valence-electron chi connectivity index (χ2n) is 4.16. The molecule has 1 N–H and O–H groups in total. The lowest BCUT2D eigenvalue weighted by Crippen LogP contribution is -2.51. The van der Waals surface area contributed by atoms with Gasteiger partial charge >= 0.3 is 0 Å². The van der Waals surface area contributed by atoms with Gasteiger partial charge in [-0.3, -0.25) is 0 Å². The third kappa shape index (κ3) is 1.57. The van der Waals surface area contributed by atoms with Gasteiger partial charge in [0.15, 0.2) is 0 Å². The van der Waals surface area contributed by atoms with Crippen molar-refractivity contribution in [1.29, 1.82) is 0 Å². The van der Waals surface area contributed by atoms with Crippen molar-refractivity contribution in [2.75, 3.05) is 31.1 Å². The van der Waals surface area contributed by atoms with Crippen LogP contribution in [0.4, 0.5) is 5.69 Å². The summed E-state index contributed by atoms with van der Waals surface area (Å²) in [5.74, 6) is 1.04.